The summed E-state index contributed by atoms with van der Waals surface area (Å²) in [6.45, 7) is 7.42. The van der Waals surface area contributed by atoms with E-state index in [1.165, 1.54) is 22.0 Å². The molecule has 0 radical (unpaired) electrons. The van der Waals surface area contributed by atoms with Crippen molar-refractivity contribution in [3.63, 3.8) is 0 Å². The molecule has 1 saturated heterocycles. The van der Waals surface area contributed by atoms with Crippen LogP contribution in [-0.4, -0.2) is 53.0 Å². The predicted octanol–water partition coefficient (Wildman–Crippen LogP) is 7.17. The van der Waals surface area contributed by atoms with Crippen LogP contribution in [0.25, 0.3) is 10.9 Å². The summed E-state index contributed by atoms with van der Waals surface area (Å²) in [6, 6.07) is 37.2. The van der Waals surface area contributed by atoms with E-state index in [1.54, 1.807) is 0 Å². The molecule has 2 heterocycles. The maximum absolute atomic E-state index is 13.8. The third kappa shape index (κ3) is 6.21. The quantitative estimate of drug-likeness (QED) is 0.198. The smallest absolute Gasteiger partial charge is 0.223 e. The van der Waals surface area contributed by atoms with Crippen LogP contribution in [0.4, 0.5) is 0 Å². The molecule has 1 fully saturated rings. The molecule has 5 heteroatoms. The summed E-state index contributed by atoms with van der Waals surface area (Å²) in [6.07, 6.45) is 2.68. The third-order valence-electron chi connectivity index (χ3n) is 8.18. The molecule has 208 valence electrons. The number of carbonyl (C=O) groups excluding carboxylic acids is 1. The van der Waals surface area contributed by atoms with E-state index in [1.807, 2.05) is 47.4 Å². The summed E-state index contributed by atoms with van der Waals surface area (Å²) >= 11 is 0. The molecule has 1 aromatic heterocycles. The largest absolute Gasteiger partial charge is 0.457 e. The maximum atomic E-state index is 13.8. The van der Waals surface area contributed by atoms with Gasteiger partial charge in [0.05, 0.1) is 0 Å². The number of para-hydroxylation sites is 2. The molecule has 1 amide bonds. The highest BCUT2D eigenvalue weighted by atomic mass is 16.5. The van der Waals surface area contributed by atoms with Crippen LogP contribution in [-0.2, 0) is 11.3 Å². The Morgan fingerprint density at radius 1 is 0.780 bits per heavy atom. The van der Waals surface area contributed by atoms with Crippen LogP contribution in [0.5, 0.6) is 11.5 Å². The van der Waals surface area contributed by atoms with Crippen molar-refractivity contribution >= 4 is 16.8 Å². The number of carbonyl (C=O) groups is 1. The number of piperazine rings is 1. The van der Waals surface area contributed by atoms with E-state index in [0.717, 1.165) is 56.3 Å². The molecular formula is C36H37N3O2. The van der Waals surface area contributed by atoms with Gasteiger partial charge in [-0.3, -0.25) is 4.79 Å². The van der Waals surface area contributed by atoms with Gasteiger partial charge in [-0.2, -0.15) is 0 Å². The number of hydrogen-bond acceptors (Lipinski definition) is 3. The minimum atomic E-state index is -0.104. The fraction of sp³-hybridized carbons (Fsp3) is 0.250. The van der Waals surface area contributed by atoms with Gasteiger partial charge in [0.15, 0.2) is 0 Å². The SMILES string of the molecule is CCN1CCN(C(=O)C[C@H](c2cccc(Oc3ccccc3)c2)c2cn(Cc3ccccc3)c3ccccc23)CC1. The van der Waals surface area contributed by atoms with Gasteiger partial charge in [0, 0.05) is 62.2 Å². The molecule has 0 spiro atoms. The number of rotatable bonds is 9. The van der Waals surface area contributed by atoms with E-state index in [2.05, 4.69) is 89.3 Å². The lowest BCUT2D eigenvalue weighted by atomic mass is 9.87. The van der Waals surface area contributed by atoms with Gasteiger partial charge in [-0.25, -0.2) is 0 Å². The Balaban J connectivity index is 1.37. The molecule has 1 atom stereocenters. The average Bonchev–Trinajstić information content (AvgIpc) is 3.38. The Hall–Kier alpha value is -4.35. The molecule has 0 saturated carbocycles. The lowest BCUT2D eigenvalue weighted by Crippen LogP contribution is -2.48. The summed E-state index contributed by atoms with van der Waals surface area (Å²) in [5.74, 6) is 1.68. The topological polar surface area (TPSA) is 37.7 Å². The first-order chi connectivity index (χ1) is 20.2. The second-order valence-corrected chi connectivity index (χ2v) is 10.8. The maximum Gasteiger partial charge on any atom is 0.223 e. The summed E-state index contributed by atoms with van der Waals surface area (Å²) in [4.78, 5) is 18.3. The number of benzene rings is 4. The monoisotopic (exact) mass is 543 g/mol. The first-order valence-corrected chi connectivity index (χ1v) is 14.6. The molecule has 5 nitrogen and oxygen atoms in total. The van der Waals surface area contributed by atoms with Crippen LogP contribution in [0, 0.1) is 0 Å². The molecule has 0 N–H and O–H groups in total. The van der Waals surface area contributed by atoms with Crippen molar-refractivity contribution in [2.45, 2.75) is 25.8 Å². The van der Waals surface area contributed by atoms with E-state index in [0.29, 0.717) is 6.42 Å². The number of hydrogen-bond donors (Lipinski definition) is 0. The van der Waals surface area contributed by atoms with E-state index in [-0.39, 0.29) is 11.8 Å². The van der Waals surface area contributed by atoms with Gasteiger partial charge >= 0.3 is 0 Å². The fourth-order valence-electron chi connectivity index (χ4n) is 5.91. The molecule has 6 rings (SSSR count). The Morgan fingerprint density at radius 3 is 2.22 bits per heavy atom. The Bertz CT molecular complexity index is 1590. The molecule has 0 aliphatic carbocycles. The summed E-state index contributed by atoms with van der Waals surface area (Å²) in [5, 5.41) is 1.19. The van der Waals surface area contributed by atoms with Crippen molar-refractivity contribution in [2.75, 3.05) is 32.7 Å². The molecule has 41 heavy (non-hydrogen) atoms. The summed E-state index contributed by atoms with van der Waals surface area (Å²) < 4.78 is 8.54. The molecule has 1 aliphatic rings. The lowest BCUT2D eigenvalue weighted by Gasteiger charge is -2.35. The summed E-state index contributed by atoms with van der Waals surface area (Å²) in [5.41, 5.74) is 4.69. The fourth-order valence-corrected chi connectivity index (χ4v) is 5.91. The molecular weight excluding hydrogens is 506 g/mol. The van der Waals surface area contributed by atoms with Crippen molar-refractivity contribution < 1.29 is 9.53 Å². The third-order valence-corrected chi connectivity index (χ3v) is 8.18. The zero-order chi connectivity index (χ0) is 28.0. The number of ether oxygens (including phenoxy) is 1. The lowest BCUT2D eigenvalue weighted by molar-refractivity contribution is -0.133. The van der Waals surface area contributed by atoms with Crippen molar-refractivity contribution in [2.24, 2.45) is 0 Å². The van der Waals surface area contributed by atoms with Gasteiger partial charge in [-0.1, -0.05) is 85.8 Å². The van der Waals surface area contributed by atoms with Crippen LogP contribution in [0.2, 0.25) is 0 Å². The van der Waals surface area contributed by atoms with Crippen LogP contribution in [0.3, 0.4) is 0 Å². The number of aromatic nitrogens is 1. The highest BCUT2D eigenvalue weighted by molar-refractivity contribution is 5.87. The molecule has 4 aromatic carbocycles. The van der Waals surface area contributed by atoms with Crippen molar-refractivity contribution in [1.29, 1.82) is 0 Å². The van der Waals surface area contributed by atoms with Crippen molar-refractivity contribution in [3.8, 4) is 11.5 Å². The van der Waals surface area contributed by atoms with E-state index < -0.39 is 0 Å². The van der Waals surface area contributed by atoms with Crippen LogP contribution < -0.4 is 4.74 Å². The Kier molecular flexibility index (Phi) is 8.15. The molecule has 1 aliphatic heterocycles. The first kappa shape index (κ1) is 26.9. The number of nitrogens with zero attached hydrogens (tertiary/aromatic N) is 3. The average molecular weight is 544 g/mol. The predicted molar refractivity (Wildman–Crippen MR) is 166 cm³/mol. The van der Waals surface area contributed by atoms with Crippen molar-refractivity contribution in [3.05, 3.63) is 132 Å². The number of likely N-dealkylation sites (N-methyl/N-ethyl adjacent to an activating group) is 1. The highest BCUT2D eigenvalue weighted by Gasteiger charge is 2.27. The van der Waals surface area contributed by atoms with Gasteiger partial charge in [0.25, 0.3) is 0 Å². The normalized spacial score (nSPS) is 14.7. The van der Waals surface area contributed by atoms with Crippen molar-refractivity contribution in [1.82, 2.24) is 14.4 Å². The molecule has 0 bridgehead atoms. The Labute approximate surface area is 242 Å². The number of amides is 1. The summed E-state index contributed by atoms with van der Waals surface area (Å²) in [7, 11) is 0. The highest BCUT2D eigenvalue weighted by Crippen LogP contribution is 2.37. The van der Waals surface area contributed by atoms with E-state index in [9.17, 15) is 4.79 Å². The Morgan fingerprint density at radius 2 is 1.46 bits per heavy atom. The van der Waals surface area contributed by atoms with Gasteiger partial charge in [0.2, 0.25) is 5.91 Å². The minimum absolute atomic E-state index is 0.104. The van der Waals surface area contributed by atoms with Crippen LogP contribution in [0.1, 0.15) is 36.0 Å². The van der Waals surface area contributed by atoms with E-state index >= 15 is 0 Å². The second-order valence-electron chi connectivity index (χ2n) is 10.8. The minimum Gasteiger partial charge on any atom is -0.457 e. The number of fused-ring (bicyclic) bond motifs is 1. The van der Waals surface area contributed by atoms with Gasteiger partial charge in [-0.15, -0.1) is 0 Å². The first-order valence-electron chi connectivity index (χ1n) is 14.6. The van der Waals surface area contributed by atoms with Gasteiger partial charge in [-0.05, 0) is 53.6 Å². The van der Waals surface area contributed by atoms with Gasteiger partial charge in [0.1, 0.15) is 11.5 Å². The zero-order valence-electron chi connectivity index (χ0n) is 23.7. The van der Waals surface area contributed by atoms with E-state index in [4.69, 9.17) is 4.74 Å². The standard InChI is InChI=1S/C36H37N3O2/c1-2-37-20-22-38(23-21-37)36(40)25-33(29-14-11-17-31(24-29)41-30-15-7-4-8-16-30)34-27-39(26-28-12-5-3-6-13-28)35-19-10-9-18-32(34)35/h3-19,24,27,33H,2,20-23,25-26H2,1H3/t33-/m1/s1. The van der Waals surface area contributed by atoms with Crippen LogP contribution >= 0.6 is 0 Å². The zero-order valence-corrected chi connectivity index (χ0v) is 23.7. The van der Waals surface area contributed by atoms with Crippen LogP contribution in [0.15, 0.2) is 115 Å². The second kappa shape index (κ2) is 12.4. The molecule has 0 unspecified atom stereocenters. The van der Waals surface area contributed by atoms with Gasteiger partial charge < -0.3 is 19.1 Å². The molecule has 5 aromatic rings.